The second-order valence-corrected chi connectivity index (χ2v) is 8.58. The van der Waals surface area contributed by atoms with Crippen LogP contribution in [-0.2, 0) is 0 Å². The zero-order valence-corrected chi connectivity index (χ0v) is 18.4. The van der Waals surface area contributed by atoms with Gasteiger partial charge in [0.15, 0.2) is 29.0 Å². The fourth-order valence-corrected chi connectivity index (χ4v) is 4.32. The van der Waals surface area contributed by atoms with Crippen molar-refractivity contribution in [1.29, 1.82) is 0 Å². The lowest BCUT2D eigenvalue weighted by Gasteiger charge is -2.32. The van der Waals surface area contributed by atoms with Crippen LogP contribution in [0.3, 0.4) is 0 Å². The van der Waals surface area contributed by atoms with E-state index < -0.39 is 46.9 Å². The molecule has 0 heterocycles. The maximum atomic E-state index is 14.8. The van der Waals surface area contributed by atoms with E-state index in [0.29, 0.717) is 18.4 Å². The molecule has 0 radical (unpaired) electrons. The Morgan fingerprint density at radius 3 is 1.86 bits per heavy atom. The molecule has 4 rings (SSSR count). The van der Waals surface area contributed by atoms with Crippen LogP contribution in [-0.4, -0.2) is 6.11 Å². The minimum Gasteiger partial charge on any atom is -0.429 e. The van der Waals surface area contributed by atoms with E-state index in [0.717, 1.165) is 24.3 Å². The number of allylic oxidation sites excluding steroid dienone is 1. The van der Waals surface area contributed by atoms with Gasteiger partial charge in [-0.25, -0.2) is 17.6 Å². The second kappa shape index (κ2) is 9.76. The molecule has 8 heteroatoms. The van der Waals surface area contributed by atoms with Gasteiger partial charge in [0.05, 0.1) is 5.92 Å². The summed E-state index contributed by atoms with van der Waals surface area (Å²) >= 11 is 0. The summed E-state index contributed by atoms with van der Waals surface area (Å²) in [5.41, 5.74) is 0.327. The Labute approximate surface area is 197 Å². The zero-order valence-electron chi connectivity index (χ0n) is 18.4. The molecule has 1 fully saturated rings. The summed E-state index contributed by atoms with van der Waals surface area (Å²) in [4.78, 5) is 0. The van der Waals surface area contributed by atoms with Crippen molar-refractivity contribution in [2.75, 3.05) is 0 Å². The van der Waals surface area contributed by atoms with Gasteiger partial charge in [0, 0.05) is 5.56 Å². The molecule has 0 amide bonds. The number of alkyl halides is 2. The Morgan fingerprint density at radius 2 is 1.29 bits per heavy atom. The Morgan fingerprint density at radius 1 is 0.714 bits per heavy atom. The van der Waals surface area contributed by atoms with Gasteiger partial charge >= 0.3 is 6.11 Å². The van der Waals surface area contributed by atoms with Crippen molar-refractivity contribution >= 4 is 0 Å². The Bertz CT molecular complexity index is 1210. The molecule has 0 bridgehead atoms. The topological polar surface area (TPSA) is 9.23 Å². The van der Waals surface area contributed by atoms with Crippen LogP contribution in [0.4, 0.5) is 30.7 Å². The van der Waals surface area contributed by atoms with Gasteiger partial charge in [-0.1, -0.05) is 30.3 Å². The molecule has 35 heavy (non-hydrogen) atoms. The van der Waals surface area contributed by atoms with Gasteiger partial charge in [-0.05, 0) is 72.6 Å². The summed E-state index contributed by atoms with van der Waals surface area (Å²) in [6.45, 7) is 3.67. The largest absolute Gasteiger partial charge is 0.429 e. The Kier molecular flexibility index (Phi) is 6.92. The van der Waals surface area contributed by atoms with Crippen molar-refractivity contribution in [2.45, 2.75) is 31.8 Å². The van der Waals surface area contributed by atoms with Crippen molar-refractivity contribution in [1.82, 2.24) is 0 Å². The number of benzene rings is 3. The van der Waals surface area contributed by atoms with E-state index in [-0.39, 0.29) is 35.4 Å². The maximum Gasteiger partial charge on any atom is 0.400 e. The van der Waals surface area contributed by atoms with E-state index in [4.69, 9.17) is 0 Å². The third-order valence-corrected chi connectivity index (χ3v) is 6.39. The molecule has 3 aromatic carbocycles. The van der Waals surface area contributed by atoms with Gasteiger partial charge in [0.1, 0.15) is 0 Å². The molecule has 0 spiro atoms. The molecule has 0 aliphatic heterocycles. The predicted octanol–water partition coefficient (Wildman–Crippen LogP) is 8.68. The van der Waals surface area contributed by atoms with Crippen molar-refractivity contribution < 1.29 is 35.5 Å². The van der Waals surface area contributed by atoms with Crippen LogP contribution in [0.25, 0.3) is 22.3 Å². The number of halogens is 7. The van der Waals surface area contributed by atoms with Crippen LogP contribution < -0.4 is 4.74 Å². The third-order valence-electron chi connectivity index (χ3n) is 6.39. The number of hydrogen-bond donors (Lipinski definition) is 0. The lowest BCUT2D eigenvalue weighted by atomic mass is 9.81. The van der Waals surface area contributed by atoms with Gasteiger partial charge in [-0.15, -0.1) is 6.58 Å². The zero-order chi connectivity index (χ0) is 25.3. The summed E-state index contributed by atoms with van der Waals surface area (Å²) < 4.78 is 104. The Hall–Kier alpha value is -3.29. The highest BCUT2D eigenvalue weighted by molar-refractivity contribution is 5.71. The summed E-state index contributed by atoms with van der Waals surface area (Å²) in [5.74, 6) is -9.10. The average molecular weight is 494 g/mol. The first-order valence-corrected chi connectivity index (χ1v) is 11.0. The summed E-state index contributed by atoms with van der Waals surface area (Å²) in [6, 6.07) is 9.17. The molecular formula is C27H21F7O. The number of ether oxygens (including phenoxy) is 1. The SMILES string of the molecule is C=CC1CCC(C(F)(F)Oc2ccc(-c3ccc(-c4cc(F)c(F)c(F)c4)cc3)c(F)c2F)CC1. The first kappa shape index (κ1) is 24.8. The van der Waals surface area contributed by atoms with Crippen molar-refractivity contribution in [2.24, 2.45) is 11.8 Å². The standard InChI is InChI=1S/C27H21F7O/c1-2-15-3-9-19(10-4-15)27(33,34)35-23-12-11-20(24(30)26(23)32)17-7-5-16(6-8-17)18-13-21(28)25(31)22(29)14-18/h2,5-8,11-15,19H,1,3-4,9-10H2. The molecule has 1 saturated carbocycles. The highest BCUT2D eigenvalue weighted by Crippen LogP contribution is 2.41. The van der Waals surface area contributed by atoms with Crippen LogP contribution in [0.15, 0.2) is 61.2 Å². The van der Waals surface area contributed by atoms with Crippen molar-refractivity contribution in [3.8, 4) is 28.0 Å². The molecule has 0 atom stereocenters. The number of hydrogen-bond acceptors (Lipinski definition) is 1. The van der Waals surface area contributed by atoms with Crippen LogP contribution in [0, 0.1) is 40.9 Å². The normalized spacial score (nSPS) is 18.4. The molecule has 0 saturated heterocycles. The van der Waals surface area contributed by atoms with Gasteiger partial charge in [0.2, 0.25) is 5.82 Å². The smallest absolute Gasteiger partial charge is 0.400 e. The quantitative estimate of drug-likeness (QED) is 0.189. The molecule has 1 nitrogen and oxygen atoms in total. The van der Waals surface area contributed by atoms with Crippen LogP contribution in [0.2, 0.25) is 0 Å². The Balaban J connectivity index is 1.54. The minimum atomic E-state index is -3.66. The molecule has 1 aliphatic carbocycles. The fraction of sp³-hybridized carbons (Fsp3) is 0.259. The number of rotatable bonds is 6. The summed E-state index contributed by atoms with van der Waals surface area (Å²) in [6.07, 6.45) is -0.527. The molecule has 184 valence electrons. The predicted molar refractivity (Wildman–Crippen MR) is 118 cm³/mol. The van der Waals surface area contributed by atoms with Crippen molar-refractivity contribution in [3.63, 3.8) is 0 Å². The van der Waals surface area contributed by atoms with Crippen molar-refractivity contribution in [3.05, 3.63) is 90.3 Å². The minimum absolute atomic E-state index is 0.0488. The van der Waals surface area contributed by atoms with E-state index in [1.165, 1.54) is 24.3 Å². The molecule has 3 aromatic rings. The molecule has 0 aromatic heterocycles. The highest BCUT2D eigenvalue weighted by atomic mass is 19.3. The van der Waals surface area contributed by atoms with E-state index >= 15 is 0 Å². The van der Waals surface area contributed by atoms with Gasteiger partial charge < -0.3 is 4.74 Å². The first-order valence-electron chi connectivity index (χ1n) is 11.0. The van der Waals surface area contributed by atoms with E-state index in [1.807, 2.05) is 0 Å². The maximum absolute atomic E-state index is 14.8. The first-order chi connectivity index (χ1) is 16.6. The fourth-order valence-electron chi connectivity index (χ4n) is 4.32. The summed E-state index contributed by atoms with van der Waals surface area (Å²) in [7, 11) is 0. The van der Waals surface area contributed by atoms with E-state index in [9.17, 15) is 30.7 Å². The van der Waals surface area contributed by atoms with E-state index in [2.05, 4.69) is 11.3 Å². The van der Waals surface area contributed by atoms with E-state index in [1.54, 1.807) is 6.08 Å². The van der Waals surface area contributed by atoms with Crippen LogP contribution in [0.5, 0.6) is 5.75 Å². The molecule has 1 aliphatic rings. The monoisotopic (exact) mass is 494 g/mol. The van der Waals surface area contributed by atoms with Gasteiger partial charge in [-0.3, -0.25) is 0 Å². The van der Waals surface area contributed by atoms with Gasteiger partial charge in [0.25, 0.3) is 0 Å². The average Bonchev–Trinajstić information content (AvgIpc) is 2.85. The second-order valence-electron chi connectivity index (χ2n) is 8.58. The van der Waals surface area contributed by atoms with Gasteiger partial charge in [-0.2, -0.15) is 13.2 Å². The third kappa shape index (κ3) is 5.06. The molecule has 0 N–H and O–H groups in total. The lowest BCUT2D eigenvalue weighted by Crippen LogP contribution is -2.37. The highest BCUT2D eigenvalue weighted by Gasteiger charge is 2.44. The lowest BCUT2D eigenvalue weighted by molar-refractivity contribution is -0.224. The molecular weight excluding hydrogens is 473 g/mol. The van der Waals surface area contributed by atoms with Crippen LogP contribution >= 0.6 is 0 Å². The molecule has 0 unspecified atom stereocenters. The summed E-state index contributed by atoms with van der Waals surface area (Å²) in [5, 5.41) is 0. The van der Waals surface area contributed by atoms with Crippen LogP contribution in [0.1, 0.15) is 25.7 Å².